The minimum Gasteiger partial charge on any atom is -0.369 e. The Balaban J connectivity index is 1.61. The van der Waals surface area contributed by atoms with Crippen LogP contribution in [0.15, 0.2) is 48.1 Å². The fraction of sp³-hybridized carbons (Fsp3) is 0.200. The van der Waals surface area contributed by atoms with E-state index in [0.29, 0.717) is 0 Å². The van der Waals surface area contributed by atoms with Crippen molar-refractivity contribution in [1.29, 1.82) is 0 Å². The summed E-state index contributed by atoms with van der Waals surface area (Å²) >= 11 is 1.65. The molecule has 0 spiro atoms. The van der Waals surface area contributed by atoms with E-state index in [2.05, 4.69) is 27.4 Å². The minimum absolute atomic E-state index is 0.0457. The smallest absolute Gasteiger partial charge is 0.147 e. The minimum atomic E-state index is 0.0457. The van der Waals surface area contributed by atoms with Gasteiger partial charge in [0.2, 0.25) is 0 Å². The zero-order chi connectivity index (χ0) is 13.8. The van der Waals surface area contributed by atoms with Gasteiger partial charge < -0.3 is 11.1 Å². The van der Waals surface area contributed by atoms with E-state index in [1.54, 1.807) is 17.7 Å². The Labute approximate surface area is 121 Å². The molecule has 0 radical (unpaired) electrons. The zero-order valence-electron chi connectivity index (χ0n) is 11.0. The van der Waals surface area contributed by atoms with E-state index in [-0.39, 0.29) is 6.04 Å². The zero-order valence-corrected chi connectivity index (χ0v) is 11.8. The number of fused-ring (bicyclic) bond motifs is 1. The van der Waals surface area contributed by atoms with E-state index in [4.69, 9.17) is 5.73 Å². The highest BCUT2D eigenvalue weighted by Gasteiger charge is 2.07. The van der Waals surface area contributed by atoms with Crippen LogP contribution in [-0.4, -0.2) is 16.5 Å². The lowest BCUT2D eigenvalue weighted by Gasteiger charge is -2.13. The standard InChI is InChI=1S/C15H16N4S/c16-12(11-4-2-1-3-5-11)6-8-17-15-14-13(7-9-20-14)18-10-19-15/h1-5,7,9-10,12H,6,8,16H2,(H,17,18,19). The highest BCUT2D eigenvalue weighted by Crippen LogP contribution is 2.25. The summed E-state index contributed by atoms with van der Waals surface area (Å²) in [7, 11) is 0. The van der Waals surface area contributed by atoms with Crippen LogP contribution in [0.4, 0.5) is 5.82 Å². The molecule has 4 nitrogen and oxygen atoms in total. The SMILES string of the molecule is NC(CCNc1ncnc2ccsc12)c1ccccc1. The average Bonchev–Trinajstić information content (AvgIpc) is 2.97. The first-order chi connectivity index (χ1) is 9.84. The van der Waals surface area contributed by atoms with Gasteiger partial charge in [-0.1, -0.05) is 30.3 Å². The molecule has 1 aromatic carbocycles. The molecule has 0 fully saturated rings. The van der Waals surface area contributed by atoms with Crippen molar-refractivity contribution in [3.05, 3.63) is 53.7 Å². The van der Waals surface area contributed by atoms with Gasteiger partial charge in [-0.25, -0.2) is 9.97 Å². The van der Waals surface area contributed by atoms with Gasteiger partial charge in [0.1, 0.15) is 12.1 Å². The van der Waals surface area contributed by atoms with Crippen LogP contribution in [0.5, 0.6) is 0 Å². The summed E-state index contributed by atoms with van der Waals surface area (Å²) in [6.07, 6.45) is 2.45. The van der Waals surface area contributed by atoms with Gasteiger partial charge in [-0.15, -0.1) is 11.3 Å². The molecule has 3 aromatic rings. The summed E-state index contributed by atoms with van der Waals surface area (Å²) in [4.78, 5) is 8.52. The van der Waals surface area contributed by atoms with Gasteiger partial charge in [0.25, 0.3) is 0 Å². The maximum Gasteiger partial charge on any atom is 0.147 e. The van der Waals surface area contributed by atoms with E-state index in [1.165, 1.54) is 5.56 Å². The third-order valence-electron chi connectivity index (χ3n) is 3.22. The maximum atomic E-state index is 6.18. The maximum absolute atomic E-state index is 6.18. The number of thiophene rings is 1. The molecular weight excluding hydrogens is 268 g/mol. The number of nitrogens with zero attached hydrogens (tertiary/aromatic N) is 2. The molecule has 2 aromatic heterocycles. The number of nitrogens with two attached hydrogens (primary N) is 1. The third-order valence-corrected chi connectivity index (χ3v) is 4.13. The van der Waals surface area contributed by atoms with Gasteiger partial charge in [0.05, 0.1) is 10.2 Å². The van der Waals surface area contributed by atoms with E-state index in [9.17, 15) is 0 Å². The second-order valence-corrected chi connectivity index (χ2v) is 5.51. The van der Waals surface area contributed by atoms with Crippen LogP contribution in [0, 0.1) is 0 Å². The van der Waals surface area contributed by atoms with E-state index in [1.807, 2.05) is 29.6 Å². The Morgan fingerprint density at radius 3 is 2.85 bits per heavy atom. The topological polar surface area (TPSA) is 63.8 Å². The Morgan fingerprint density at radius 1 is 1.15 bits per heavy atom. The summed E-state index contributed by atoms with van der Waals surface area (Å²) in [6.45, 7) is 0.792. The molecule has 0 aliphatic carbocycles. The van der Waals surface area contributed by atoms with Gasteiger partial charge in [-0.3, -0.25) is 0 Å². The second kappa shape index (κ2) is 5.98. The Morgan fingerprint density at radius 2 is 2.00 bits per heavy atom. The lowest BCUT2D eigenvalue weighted by Crippen LogP contribution is -2.15. The average molecular weight is 284 g/mol. The van der Waals surface area contributed by atoms with Crippen LogP contribution >= 0.6 is 11.3 Å². The van der Waals surface area contributed by atoms with Crippen molar-refractivity contribution in [2.24, 2.45) is 5.73 Å². The van der Waals surface area contributed by atoms with Crippen LogP contribution < -0.4 is 11.1 Å². The van der Waals surface area contributed by atoms with Gasteiger partial charge in [0, 0.05) is 12.6 Å². The molecule has 102 valence electrons. The molecule has 0 aliphatic heterocycles. The van der Waals surface area contributed by atoms with Crippen molar-refractivity contribution in [2.75, 3.05) is 11.9 Å². The first-order valence-corrected chi connectivity index (χ1v) is 7.45. The van der Waals surface area contributed by atoms with Crippen molar-refractivity contribution in [3.8, 4) is 0 Å². The summed E-state index contributed by atoms with van der Waals surface area (Å²) in [5.41, 5.74) is 8.33. The molecule has 3 rings (SSSR count). The normalized spacial score (nSPS) is 12.4. The highest BCUT2D eigenvalue weighted by atomic mass is 32.1. The molecule has 20 heavy (non-hydrogen) atoms. The van der Waals surface area contributed by atoms with Gasteiger partial charge in [0.15, 0.2) is 0 Å². The lowest BCUT2D eigenvalue weighted by atomic mass is 10.1. The summed E-state index contributed by atoms with van der Waals surface area (Å²) < 4.78 is 1.10. The molecule has 3 N–H and O–H groups in total. The first-order valence-electron chi connectivity index (χ1n) is 6.57. The molecule has 1 atom stereocenters. The first kappa shape index (κ1) is 13.0. The fourth-order valence-electron chi connectivity index (χ4n) is 2.13. The quantitative estimate of drug-likeness (QED) is 0.755. The van der Waals surface area contributed by atoms with Crippen LogP contribution in [0.1, 0.15) is 18.0 Å². The number of rotatable bonds is 5. The van der Waals surface area contributed by atoms with Crippen LogP contribution in [0.2, 0.25) is 0 Å². The molecule has 0 aliphatic rings. The van der Waals surface area contributed by atoms with Crippen LogP contribution in [-0.2, 0) is 0 Å². The highest BCUT2D eigenvalue weighted by molar-refractivity contribution is 7.17. The Kier molecular flexibility index (Phi) is 3.90. The Bertz CT molecular complexity index is 680. The number of benzene rings is 1. The molecule has 0 saturated heterocycles. The number of aromatic nitrogens is 2. The van der Waals surface area contributed by atoms with Crippen molar-refractivity contribution in [3.63, 3.8) is 0 Å². The summed E-state index contributed by atoms with van der Waals surface area (Å²) in [6, 6.07) is 12.2. The van der Waals surface area contributed by atoms with Crippen molar-refractivity contribution < 1.29 is 0 Å². The molecule has 2 heterocycles. The fourth-order valence-corrected chi connectivity index (χ4v) is 2.94. The predicted octanol–water partition coefficient (Wildman–Crippen LogP) is 3.19. The van der Waals surface area contributed by atoms with Crippen molar-refractivity contribution >= 4 is 27.4 Å². The second-order valence-electron chi connectivity index (χ2n) is 4.59. The largest absolute Gasteiger partial charge is 0.369 e. The molecule has 0 bridgehead atoms. The number of hydrogen-bond acceptors (Lipinski definition) is 5. The number of hydrogen-bond donors (Lipinski definition) is 2. The molecule has 1 unspecified atom stereocenters. The predicted molar refractivity (Wildman–Crippen MR) is 83.9 cm³/mol. The molecule has 0 saturated carbocycles. The van der Waals surface area contributed by atoms with Gasteiger partial charge in [-0.05, 0) is 23.4 Å². The lowest BCUT2D eigenvalue weighted by molar-refractivity contribution is 0.674. The molecular formula is C15H16N4S. The summed E-state index contributed by atoms with van der Waals surface area (Å²) in [5.74, 6) is 0.894. The van der Waals surface area contributed by atoms with Gasteiger partial charge >= 0.3 is 0 Å². The van der Waals surface area contributed by atoms with Crippen LogP contribution in [0.25, 0.3) is 10.2 Å². The molecule has 5 heteroatoms. The Hall–Kier alpha value is -1.98. The van der Waals surface area contributed by atoms with Gasteiger partial charge in [-0.2, -0.15) is 0 Å². The number of anilines is 1. The van der Waals surface area contributed by atoms with E-state index in [0.717, 1.165) is 29.0 Å². The number of nitrogens with one attached hydrogen (secondary N) is 1. The van der Waals surface area contributed by atoms with Crippen molar-refractivity contribution in [1.82, 2.24) is 9.97 Å². The van der Waals surface area contributed by atoms with Crippen LogP contribution in [0.3, 0.4) is 0 Å². The molecule has 0 amide bonds. The monoisotopic (exact) mass is 284 g/mol. The van der Waals surface area contributed by atoms with Crippen molar-refractivity contribution in [2.45, 2.75) is 12.5 Å². The summed E-state index contributed by atoms with van der Waals surface area (Å²) in [5, 5.41) is 5.38. The van der Waals surface area contributed by atoms with E-state index >= 15 is 0 Å². The third kappa shape index (κ3) is 2.79. The van der Waals surface area contributed by atoms with E-state index < -0.39 is 0 Å².